The third-order valence-corrected chi connectivity index (χ3v) is 5.19. The predicted octanol–water partition coefficient (Wildman–Crippen LogP) is 3.00. The van der Waals surface area contributed by atoms with Gasteiger partial charge in [0.15, 0.2) is 0 Å². The third kappa shape index (κ3) is 6.57. The molecule has 2 rings (SSSR count). The molecular formula is C22H32N2O7. The maximum Gasteiger partial charge on any atom is 0.410 e. The zero-order chi connectivity index (χ0) is 23.2. The Morgan fingerprint density at radius 3 is 2.42 bits per heavy atom. The molecule has 172 valence electrons. The molecule has 0 aliphatic carbocycles. The van der Waals surface area contributed by atoms with E-state index >= 15 is 0 Å². The molecule has 0 spiro atoms. The van der Waals surface area contributed by atoms with Gasteiger partial charge in [-0.25, -0.2) is 14.6 Å². The zero-order valence-corrected chi connectivity index (χ0v) is 19.1. The Bertz CT molecular complexity index is 804. The van der Waals surface area contributed by atoms with E-state index < -0.39 is 17.7 Å². The average molecular weight is 437 g/mol. The van der Waals surface area contributed by atoms with Gasteiger partial charge in [0.05, 0.1) is 32.8 Å². The molecule has 31 heavy (non-hydrogen) atoms. The number of hydrogen-bond acceptors (Lipinski definition) is 8. The fraction of sp³-hybridized carbons (Fsp3) is 0.636. The van der Waals surface area contributed by atoms with Crippen molar-refractivity contribution in [1.82, 2.24) is 9.88 Å². The number of pyridine rings is 1. The molecule has 0 radical (unpaired) electrons. The van der Waals surface area contributed by atoms with Crippen molar-refractivity contribution < 1.29 is 33.3 Å². The topological polar surface area (TPSA) is 104 Å². The van der Waals surface area contributed by atoms with Gasteiger partial charge in [0.1, 0.15) is 5.60 Å². The van der Waals surface area contributed by atoms with E-state index in [1.807, 2.05) is 0 Å². The minimum Gasteiger partial charge on any atom is -0.481 e. The number of esters is 2. The summed E-state index contributed by atoms with van der Waals surface area (Å²) in [5, 5.41) is 0. The number of piperidine rings is 1. The number of hydrogen-bond donors (Lipinski definition) is 0. The molecule has 1 aliphatic heterocycles. The number of methoxy groups -OCH3 is 3. The van der Waals surface area contributed by atoms with Crippen molar-refractivity contribution in [2.75, 3.05) is 27.9 Å². The van der Waals surface area contributed by atoms with E-state index in [0.29, 0.717) is 37.1 Å². The van der Waals surface area contributed by atoms with E-state index in [1.165, 1.54) is 27.5 Å². The van der Waals surface area contributed by atoms with Crippen molar-refractivity contribution in [3.8, 4) is 5.88 Å². The summed E-state index contributed by atoms with van der Waals surface area (Å²) >= 11 is 0. The largest absolute Gasteiger partial charge is 0.481 e. The Hall–Kier alpha value is -2.84. The van der Waals surface area contributed by atoms with Crippen LogP contribution in [0.3, 0.4) is 0 Å². The van der Waals surface area contributed by atoms with Gasteiger partial charge in [-0.05, 0) is 52.0 Å². The summed E-state index contributed by atoms with van der Waals surface area (Å²) in [6, 6.07) is 1.55. The SMILES string of the molecule is COC(=O)c1cnc(OC)cc1CCC1CCC(C(=O)OC)CN1C(=O)OC(C)(C)C. The second kappa shape index (κ2) is 10.5. The van der Waals surface area contributed by atoms with Crippen LogP contribution in [0.1, 0.15) is 56.0 Å². The molecular weight excluding hydrogens is 404 g/mol. The highest BCUT2D eigenvalue weighted by atomic mass is 16.6. The molecule has 2 unspecified atom stereocenters. The fourth-order valence-electron chi connectivity index (χ4n) is 3.64. The molecule has 1 amide bonds. The number of nitrogens with zero attached hydrogens (tertiary/aromatic N) is 2. The minimum atomic E-state index is -0.656. The molecule has 0 aromatic carbocycles. The summed E-state index contributed by atoms with van der Waals surface area (Å²) < 4.78 is 20.5. The van der Waals surface area contributed by atoms with Gasteiger partial charge >= 0.3 is 18.0 Å². The predicted molar refractivity (Wildman–Crippen MR) is 112 cm³/mol. The monoisotopic (exact) mass is 436 g/mol. The quantitative estimate of drug-likeness (QED) is 0.495. The zero-order valence-electron chi connectivity index (χ0n) is 19.1. The Kier molecular flexibility index (Phi) is 8.24. The summed E-state index contributed by atoms with van der Waals surface area (Å²) in [4.78, 5) is 42.7. The van der Waals surface area contributed by atoms with Crippen molar-refractivity contribution in [2.45, 2.75) is 58.1 Å². The lowest BCUT2D eigenvalue weighted by molar-refractivity contribution is -0.147. The Morgan fingerprint density at radius 2 is 1.84 bits per heavy atom. The maximum absolute atomic E-state index is 12.9. The molecule has 0 N–H and O–H groups in total. The van der Waals surface area contributed by atoms with Gasteiger partial charge in [-0.1, -0.05) is 0 Å². The van der Waals surface area contributed by atoms with Crippen LogP contribution in [0.2, 0.25) is 0 Å². The van der Waals surface area contributed by atoms with Crippen LogP contribution in [-0.4, -0.2) is 67.4 Å². The fourth-order valence-corrected chi connectivity index (χ4v) is 3.64. The summed E-state index contributed by atoms with van der Waals surface area (Å²) in [5.41, 5.74) is 0.421. The Labute approximate surface area is 183 Å². The minimum absolute atomic E-state index is 0.152. The number of carbonyl (C=O) groups excluding carboxylic acids is 3. The molecule has 0 saturated carbocycles. The Balaban J connectivity index is 2.22. The number of ether oxygens (including phenoxy) is 4. The highest BCUT2D eigenvalue weighted by molar-refractivity contribution is 5.90. The van der Waals surface area contributed by atoms with Crippen molar-refractivity contribution >= 4 is 18.0 Å². The van der Waals surface area contributed by atoms with Crippen LogP contribution in [-0.2, 0) is 25.4 Å². The van der Waals surface area contributed by atoms with Crippen LogP contribution in [0.4, 0.5) is 4.79 Å². The number of aryl methyl sites for hydroxylation is 1. The van der Waals surface area contributed by atoms with Gasteiger partial charge in [-0.15, -0.1) is 0 Å². The first kappa shape index (κ1) is 24.4. The van der Waals surface area contributed by atoms with E-state index in [1.54, 1.807) is 31.7 Å². The molecule has 9 nitrogen and oxygen atoms in total. The van der Waals surface area contributed by atoms with Crippen LogP contribution in [0.5, 0.6) is 5.88 Å². The van der Waals surface area contributed by atoms with Crippen LogP contribution in [0, 0.1) is 5.92 Å². The first-order valence-corrected chi connectivity index (χ1v) is 10.3. The van der Waals surface area contributed by atoms with Gasteiger partial charge in [0, 0.05) is 24.8 Å². The highest BCUT2D eigenvalue weighted by Gasteiger charge is 2.37. The Morgan fingerprint density at radius 1 is 1.13 bits per heavy atom. The normalized spacial score (nSPS) is 18.8. The van der Waals surface area contributed by atoms with Crippen LogP contribution < -0.4 is 4.74 Å². The van der Waals surface area contributed by atoms with E-state index in [0.717, 1.165) is 5.56 Å². The maximum atomic E-state index is 12.9. The summed E-state index contributed by atoms with van der Waals surface area (Å²) in [5.74, 6) is -0.816. The second-order valence-corrected chi connectivity index (χ2v) is 8.50. The molecule has 1 fully saturated rings. The van der Waals surface area contributed by atoms with Crippen LogP contribution in [0.25, 0.3) is 0 Å². The van der Waals surface area contributed by atoms with Gasteiger partial charge in [-0.2, -0.15) is 0 Å². The van der Waals surface area contributed by atoms with Crippen molar-refractivity contribution in [3.63, 3.8) is 0 Å². The van der Waals surface area contributed by atoms with E-state index in [-0.39, 0.29) is 24.5 Å². The van der Waals surface area contributed by atoms with E-state index in [4.69, 9.17) is 18.9 Å². The molecule has 1 aromatic heterocycles. The first-order valence-electron chi connectivity index (χ1n) is 10.3. The number of likely N-dealkylation sites (tertiary alicyclic amines) is 1. The van der Waals surface area contributed by atoms with E-state index in [2.05, 4.69) is 4.98 Å². The summed E-state index contributed by atoms with van der Waals surface area (Å²) in [6.45, 7) is 5.63. The van der Waals surface area contributed by atoms with Gasteiger partial charge in [0.25, 0.3) is 0 Å². The molecule has 1 aromatic rings. The van der Waals surface area contributed by atoms with Gasteiger partial charge < -0.3 is 23.8 Å². The van der Waals surface area contributed by atoms with Crippen molar-refractivity contribution in [1.29, 1.82) is 0 Å². The number of rotatable bonds is 6. The molecule has 0 bridgehead atoms. The summed E-state index contributed by atoms with van der Waals surface area (Å²) in [7, 11) is 4.16. The molecule has 2 heterocycles. The number of aromatic nitrogens is 1. The standard InChI is InChI=1S/C22H32N2O7/c1-22(2,3)31-21(27)24-13-15(19(25)29-5)8-10-16(24)9-7-14-11-18(28-4)23-12-17(14)20(26)30-6/h11-12,15-16H,7-10,13H2,1-6H3. The number of carbonyl (C=O) groups is 3. The van der Waals surface area contributed by atoms with E-state index in [9.17, 15) is 14.4 Å². The molecule has 1 aliphatic rings. The smallest absolute Gasteiger partial charge is 0.410 e. The van der Waals surface area contributed by atoms with Gasteiger partial charge in [0.2, 0.25) is 5.88 Å². The average Bonchev–Trinajstić information content (AvgIpc) is 2.74. The van der Waals surface area contributed by atoms with Crippen molar-refractivity contribution in [2.24, 2.45) is 5.92 Å². The lowest BCUT2D eigenvalue weighted by Gasteiger charge is -2.39. The lowest BCUT2D eigenvalue weighted by atomic mass is 9.89. The number of amides is 1. The van der Waals surface area contributed by atoms with Gasteiger partial charge in [-0.3, -0.25) is 4.79 Å². The highest BCUT2D eigenvalue weighted by Crippen LogP contribution is 2.29. The first-order chi connectivity index (χ1) is 14.6. The molecule has 2 atom stereocenters. The van der Waals surface area contributed by atoms with Crippen LogP contribution >= 0.6 is 0 Å². The third-order valence-electron chi connectivity index (χ3n) is 5.19. The van der Waals surface area contributed by atoms with Crippen LogP contribution in [0.15, 0.2) is 12.3 Å². The van der Waals surface area contributed by atoms with Crippen molar-refractivity contribution in [3.05, 3.63) is 23.4 Å². The molecule has 9 heteroatoms. The molecule has 1 saturated heterocycles. The second-order valence-electron chi connectivity index (χ2n) is 8.50. The summed E-state index contributed by atoms with van der Waals surface area (Å²) in [6.07, 6.45) is 3.27. The lowest BCUT2D eigenvalue weighted by Crippen LogP contribution is -2.50.